The number of rotatable bonds is 3. The largest absolute Gasteiger partial charge is 0.388 e. The van der Waals surface area contributed by atoms with Gasteiger partial charge in [-0.3, -0.25) is 0 Å². The lowest BCUT2D eigenvalue weighted by molar-refractivity contribution is -0.0290. The molecule has 2 aliphatic carbocycles. The first kappa shape index (κ1) is 8.81. The molecule has 0 saturated heterocycles. The Labute approximate surface area is 77.7 Å². The number of urea groups is 1. The van der Waals surface area contributed by atoms with Gasteiger partial charge in [0.15, 0.2) is 0 Å². The molecule has 0 aromatic rings. The Hall–Kier alpha value is -0.770. The van der Waals surface area contributed by atoms with Crippen molar-refractivity contribution in [1.82, 2.24) is 10.6 Å². The van der Waals surface area contributed by atoms with Gasteiger partial charge in [0.05, 0.1) is 5.60 Å². The zero-order valence-electron chi connectivity index (χ0n) is 7.68. The van der Waals surface area contributed by atoms with Crippen molar-refractivity contribution in [3.05, 3.63) is 0 Å². The molecular formula is C9H16N2O2. The normalized spacial score (nSPS) is 24.7. The van der Waals surface area contributed by atoms with Gasteiger partial charge in [-0.25, -0.2) is 4.79 Å². The third-order valence-corrected chi connectivity index (χ3v) is 2.77. The van der Waals surface area contributed by atoms with Crippen molar-refractivity contribution >= 4 is 6.03 Å². The van der Waals surface area contributed by atoms with Crippen LogP contribution in [-0.2, 0) is 0 Å². The molecule has 0 aliphatic heterocycles. The molecule has 0 aromatic carbocycles. The third-order valence-electron chi connectivity index (χ3n) is 2.77. The molecular weight excluding hydrogens is 168 g/mol. The highest BCUT2D eigenvalue weighted by Crippen LogP contribution is 2.30. The molecule has 74 valence electrons. The lowest BCUT2D eigenvalue weighted by Gasteiger charge is -2.36. The van der Waals surface area contributed by atoms with Crippen molar-refractivity contribution in [3.63, 3.8) is 0 Å². The molecule has 4 nitrogen and oxygen atoms in total. The number of hydrogen-bond acceptors (Lipinski definition) is 2. The van der Waals surface area contributed by atoms with Crippen molar-refractivity contribution in [2.75, 3.05) is 6.54 Å². The average Bonchev–Trinajstić information content (AvgIpc) is 2.81. The third kappa shape index (κ3) is 2.34. The Kier molecular flexibility index (Phi) is 2.15. The molecule has 3 N–H and O–H groups in total. The molecule has 4 heteroatoms. The minimum Gasteiger partial charge on any atom is -0.388 e. The van der Waals surface area contributed by atoms with Gasteiger partial charge in [-0.05, 0) is 32.1 Å². The van der Waals surface area contributed by atoms with E-state index in [0.717, 1.165) is 32.1 Å². The standard InChI is InChI=1S/C9H16N2O2/c12-8(11-7-2-3-7)10-6-9(13)4-1-5-9/h7,13H,1-6H2,(H2,10,11,12). The maximum absolute atomic E-state index is 11.1. The van der Waals surface area contributed by atoms with Crippen molar-refractivity contribution in [2.45, 2.75) is 43.7 Å². The molecule has 0 aromatic heterocycles. The molecule has 2 amide bonds. The number of carbonyl (C=O) groups excluding carboxylic acids is 1. The van der Waals surface area contributed by atoms with E-state index < -0.39 is 5.60 Å². The molecule has 0 bridgehead atoms. The SMILES string of the molecule is O=C(NCC1(O)CCC1)NC1CC1. The summed E-state index contributed by atoms with van der Waals surface area (Å²) in [4.78, 5) is 11.1. The fourth-order valence-electron chi connectivity index (χ4n) is 1.47. The van der Waals surface area contributed by atoms with Gasteiger partial charge in [0.25, 0.3) is 0 Å². The number of aliphatic hydroxyl groups is 1. The van der Waals surface area contributed by atoms with Gasteiger partial charge in [-0.2, -0.15) is 0 Å². The van der Waals surface area contributed by atoms with Crippen LogP contribution in [0.2, 0.25) is 0 Å². The van der Waals surface area contributed by atoms with E-state index in [4.69, 9.17) is 0 Å². The van der Waals surface area contributed by atoms with Gasteiger partial charge >= 0.3 is 6.03 Å². The second-order valence-electron chi connectivity index (χ2n) is 4.18. The highest BCUT2D eigenvalue weighted by Gasteiger charge is 2.34. The summed E-state index contributed by atoms with van der Waals surface area (Å²) in [6.07, 6.45) is 4.89. The molecule has 0 atom stereocenters. The molecule has 0 spiro atoms. The summed E-state index contributed by atoms with van der Waals surface area (Å²) in [6.45, 7) is 0.394. The van der Waals surface area contributed by atoms with Gasteiger partial charge < -0.3 is 15.7 Å². The summed E-state index contributed by atoms with van der Waals surface area (Å²) in [5, 5.41) is 15.2. The van der Waals surface area contributed by atoms with Gasteiger partial charge in [-0.1, -0.05) is 0 Å². The molecule has 2 fully saturated rings. The van der Waals surface area contributed by atoms with E-state index in [2.05, 4.69) is 10.6 Å². The van der Waals surface area contributed by atoms with Crippen LogP contribution in [0.1, 0.15) is 32.1 Å². The van der Waals surface area contributed by atoms with Crippen LogP contribution in [0.25, 0.3) is 0 Å². The molecule has 0 heterocycles. The van der Waals surface area contributed by atoms with Crippen molar-refractivity contribution in [1.29, 1.82) is 0 Å². The van der Waals surface area contributed by atoms with Crippen LogP contribution >= 0.6 is 0 Å². The monoisotopic (exact) mass is 184 g/mol. The summed E-state index contributed by atoms with van der Waals surface area (Å²) in [5.74, 6) is 0. The molecule has 2 saturated carbocycles. The maximum atomic E-state index is 11.1. The van der Waals surface area contributed by atoms with E-state index in [9.17, 15) is 9.90 Å². The van der Waals surface area contributed by atoms with Crippen LogP contribution < -0.4 is 10.6 Å². The van der Waals surface area contributed by atoms with Crippen LogP contribution in [0.15, 0.2) is 0 Å². The number of carbonyl (C=O) groups is 1. The summed E-state index contributed by atoms with van der Waals surface area (Å²) in [5.41, 5.74) is -0.610. The van der Waals surface area contributed by atoms with E-state index in [1.807, 2.05) is 0 Å². The van der Waals surface area contributed by atoms with Crippen LogP contribution in [0.5, 0.6) is 0 Å². The van der Waals surface area contributed by atoms with Gasteiger partial charge in [0.2, 0.25) is 0 Å². The maximum Gasteiger partial charge on any atom is 0.315 e. The zero-order chi connectivity index (χ0) is 9.31. The van der Waals surface area contributed by atoms with Crippen LogP contribution in [0.4, 0.5) is 4.79 Å². The predicted octanol–water partition coefficient (Wildman–Crippen LogP) is 0.363. The highest BCUT2D eigenvalue weighted by molar-refractivity contribution is 5.74. The van der Waals surface area contributed by atoms with Crippen LogP contribution in [-0.4, -0.2) is 29.3 Å². The fraction of sp³-hybridized carbons (Fsp3) is 0.889. The molecule has 2 rings (SSSR count). The summed E-state index contributed by atoms with van der Waals surface area (Å²) >= 11 is 0. The Balaban J connectivity index is 1.63. The van der Waals surface area contributed by atoms with Gasteiger partial charge in [0.1, 0.15) is 0 Å². The quantitative estimate of drug-likeness (QED) is 0.593. The van der Waals surface area contributed by atoms with Crippen molar-refractivity contribution < 1.29 is 9.90 Å². The Morgan fingerprint density at radius 1 is 1.46 bits per heavy atom. The zero-order valence-corrected chi connectivity index (χ0v) is 7.68. The number of hydrogen-bond donors (Lipinski definition) is 3. The summed E-state index contributed by atoms with van der Waals surface area (Å²) in [6, 6.07) is 0.249. The predicted molar refractivity (Wildman–Crippen MR) is 48.4 cm³/mol. The minimum atomic E-state index is -0.610. The molecule has 0 unspecified atom stereocenters. The first-order valence-electron chi connectivity index (χ1n) is 4.95. The lowest BCUT2D eigenvalue weighted by atomic mass is 9.80. The Bertz CT molecular complexity index is 210. The van der Waals surface area contributed by atoms with Crippen molar-refractivity contribution in [3.8, 4) is 0 Å². The average molecular weight is 184 g/mol. The topological polar surface area (TPSA) is 61.4 Å². The first-order chi connectivity index (χ1) is 6.18. The fourth-order valence-corrected chi connectivity index (χ4v) is 1.47. The van der Waals surface area contributed by atoms with E-state index in [0.29, 0.717) is 12.6 Å². The van der Waals surface area contributed by atoms with Gasteiger partial charge in [0, 0.05) is 12.6 Å². The first-order valence-corrected chi connectivity index (χ1v) is 4.95. The Morgan fingerprint density at radius 2 is 2.15 bits per heavy atom. The number of amides is 2. The second-order valence-corrected chi connectivity index (χ2v) is 4.18. The van der Waals surface area contributed by atoms with E-state index >= 15 is 0 Å². The van der Waals surface area contributed by atoms with Gasteiger partial charge in [-0.15, -0.1) is 0 Å². The smallest absolute Gasteiger partial charge is 0.315 e. The second kappa shape index (κ2) is 3.18. The molecule has 0 radical (unpaired) electrons. The minimum absolute atomic E-state index is 0.136. The molecule has 2 aliphatic rings. The van der Waals surface area contributed by atoms with E-state index in [-0.39, 0.29) is 6.03 Å². The Morgan fingerprint density at radius 3 is 2.62 bits per heavy atom. The summed E-state index contributed by atoms with van der Waals surface area (Å²) in [7, 11) is 0. The summed E-state index contributed by atoms with van der Waals surface area (Å²) < 4.78 is 0. The van der Waals surface area contributed by atoms with Crippen molar-refractivity contribution in [2.24, 2.45) is 0 Å². The molecule has 13 heavy (non-hydrogen) atoms. The lowest BCUT2D eigenvalue weighted by Crippen LogP contribution is -2.50. The van der Waals surface area contributed by atoms with Crippen LogP contribution in [0, 0.1) is 0 Å². The van der Waals surface area contributed by atoms with E-state index in [1.54, 1.807) is 0 Å². The van der Waals surface area contributed by atoms with E-state index in [1.165, 1.54) is 0 Å². The van der Waals surface area contributed by atoms with Crippen LogP contribution in [0.3, 0.4) is 0 Å². The number of nitrogens with one attached hydrogen (secondary N) is 2. The highest BCUT2D eigenvalue weighted by atomic mass is 16.3.